The molecule has 0 bridgehead atoms. The summed E-state index contributed by atoms with van der Waals surface area (Å²) in [5.74, 6) is -0.755. The molecule has 74 valence electrons. The Hall–Kier alpha value is -0.830. The average Bonchev–Trinajstić information content (AvgIpc) is 2.06. The quantitative estimate of drug-likeness (QED) is 0.608. The van der Waals surface area contributed by atoms with E-state index < -0.39 is 17.5 Å². The average molecular weight is 184 g/mol. The molecule has 13 heavy (non-hydrogen) atoms. The van der Waals surface area contributed by atoms with Crippen LogP contribution in [0.1, 0.15) is 32.6 Å². The molecule has 1 rings (SSSR count). The van der Waals surface area contributed by atoms with Gasteiger partial charge in [-0.1, -0.05) is 12.2 Å². The molecule has 3 nitrogen and oxygen atoms in total. The van der Waals surface area contributed by atoms with E-state index in [1.54, 1.807) is 13.0 Å². The van der Waals surface area contributed by atoms with Crippen molar-refractivity contribution in [1.82, 2.24) is 0 Å². The van der Waals surface area contributed by atoms with E-state index in [4.69, 9.17) is 5.11 Å². The van der Waals surface area contributed by atoms with Crippen molar-refractivity contribution in [3.63, 3.8) is 0 Å². The van der Waals surface area contributed by atoms with E-state index in [1.807, 2.05) is 6.08 Å². The molecule has 0 saturated heterocycles. The van der Waals surface area contributed by atoms with Gasteiger partial charge in [-0.15, -0.1) is 0 Å². The third-order valence-electron chi connectivity index (χ3n) is 2.73. The Morgan fingerprint density at radius 2 is 2.23 bits per heavy atom. The third kappa shape index (κ3) is 2.56. The lowest BCUT2D eigenvalue weighted by atomic mass is 9.79. The number of carboxylic acids is 1. The number of carbonyl (C=O) groups is 1. The molecule has 0 aromatic heterocycles. The van der Waals surface area contributed by atoms with E-state index in [1.165, 1.54) is 0 Å². The summed E-state index contributed by atoms with van der Waals surface area (Å²) in [6.07, 6.45) is 5.63. The second-order valence-electron chi connectivity index (χ2n) is 3.94. The first-order valence-corrected chi connectivity index (χ1v) is 4.63. The number of hydrogen-bond donors (Lipinski definition) is 2. The van der Waals surface area contributed by atoms with E-state index in [0.29, 0.717) is 19.3 Å². The van der Waals surface area contributed by atoms with Gasteiger partial charge in [-0.2, -0.15) is 0 Å². The van der Waals surface area contributed by atoms with E-state index in [0.717, 1.165) is 6.42 Å². The fourth-order valence-electron chi connectivity index (χ4n) is 1.56. The zero-order valence-electron chi connectivity index (χ0n) is 7.86. The molecule has 0 radical (unpaired) electrons. The molecule has 2 atom stereocenters. The summed E-state index contributed by atoms with van der Waals surface area (Å²) in [7, 11) is 0. The smallest absolute Gasteiger partial charge is 0.309 e. The summed E-state index contributed by atoms with van der Waals surface area (Å²) in [5.41, 5.74) is -0.661. The number of aliphatic hydroxyl groups is 1. The zero-order chi connectivity index (χ0) is 9.90. The van der Waals surface area contributed by atoms with Gasteiger partial charge in [0.1, 0.15) is 0 Å². The van der Waals surface area contributed by atoms with Crippen LogP contribution < -0.4 is 0 Å². The lowest BCUT2D eigenvalue weighted by molar-refractivity contribution is -0.149. The normalized spacial score (nSPS) is 37.5. The number of hydrogen-bond acceptors (Lipinski definition) is 2. The van der Waals surface area contributed by atoms with Gasteiger partial charge in [0.25, 0.3) is 0 Å². The minimum atomic E-state index is -0.755. The predicted octanol–water partition coefficient (Wildman–Crippen LogP) is 1.57. The molecule has 3 heteroatoms. The molecule has 1 aliphatic rings. The van der Waals surface area contributed by atoms with Crippen LogP contribution in [0.5, 0.6) is 0 Å². The standard InChI is InChI=1S/C10H16O3/c1-10(9(12)13)6-3-2-4-8(11)5-7-10/h2,4,8,11H,3,5-7H2,1H3,(H,12,13)/b4-2-/t8-,10+/m1/s1. The van der Waals surface area contributed by atoms with Gasteiger partial charge in [0.2, 0.25) is 0 Å². The van der Waals surface area contributed by atoms with E-state index in [9.17, 15) is 9.90 Å². The van der Waals surface area contributed by atoms with Crippen molar-refractivity contribution in [1.29, 1.82) is 0 Å². The van der Waals surface area contributed by atoms with E-state index in [-0.39, 0.29) is 0 Å². The fourth-order valence-corrected chi connectivity index (χ4v) is 1.56. The highest BCUT2D eigenvalue weighted by Crippen LogP contribution is 2.31. The van der Waals surface area contributed by atoms with Gasteiger partial charge in [-0.3, -0.25) is 4.79 Å². The van der Waals surface area contributed by atoms with Gasteiger partial charge >= 0.3 is 5.97 Å². The first-order valence-electron chi connectivity index (χ1n) is 4.63. The summed E-state index contributed by atoms with van der Waals surface area (Å²) >= 11 is 0. The predicted molar refractivity (Wildman–Crippen MR) is 49.4 cm³/mol. The first-order chi connectivity index (χ1) is 6.04. The number of allylic oxidation sites excluding steroid dienone is 1. The molecule has 0 spiro atoms. The molecule has 0 saturated carbocycles. The zero-order valence-corrected chi connectivity index (χ0v) is 7.86. The molecule has 0 heterocycles. The van der Waals surface area contributed by atoms with Crippen molar-refractivity contribution >= 4 is 5.97 Å². The minimum absolute atomic E-state index is 0.473. The maximum atomic E-state index is 10.9. The van der Waals surface area contributed by atoms with Crippen LogP contribution in [0.4, 0.5) is 0 Å². The SMILES string of the molecule is C[C@]1(C(=O)O)CC/C=C\[C@@H](O)CC1. The molecule has 0 aromatic rings. The highest BCUT2D eigenvalue weighted by Gasteiger charge is 2.32. The molecule has 0 amide bonds. The first kappa shape index (κ1) is 10.3. The van der Waals surface area contributed by atoms with Crippen molar-refractivity contribution in [3.8, 4) is 0 Å². The Morgan fingerprint density at radius 1 is 1.54 bits per heavy atom. The van der Waals surface area contributed by atoms with Crippen LogP contribution in [0.15, 0.2) is 12.2 Å². The summed E-state index contributed by atoms with van der Waals surface area (Å²) in [6.45, 7) is 1.75. The molecule has 0 unspecified atom stereocenters. The van der Waals surface area contributed by atoms with Gasteiger partial charge < -0.3 is 10.2 Å². The summed E-state index contributed by atoms with van der Waals surface area (Å²) in [4.78, 5) is 10.9. The molecule has 0 aliphatic heterocycles. The van der Waals surface area contributed by atoms with Crippen molar-refractivity contribution in [3.05, 3.63) is 12.2 Å². The second kappa shape index (κ2) is 3.92. The number of rotatable bonds is 1. The lowest BCUT2D eigenvalue weighted by Crippen LogP contribution is -2.29. The van der Waals surface area contributed by atoms with Crippen LogP contribution in [0, 0.1) is 5.41 Å². The van der Waals surface area contributed by atoms with Crippen LogP contribution in [-0.2, 0) is 4.79 Å². The van der Waals surface area contributed by atoms with Crippen LogP contribution in [-0.4, -0.2) is 22.3 Å². The Kier molecular flexibility index (Phi) is 3.09. The number of aliphatic hydroxyl groups excluding tert-OH is 1. The van der Waals surface area contributed by atoms with Gasteiger partial charge in [-0.25, -0.2) is 0 Å². The lowest BCUT2D eigenvalue weighted by Gasteiger charge is -2.26. The molecule has 0 fully saturated rings. The number of aliphatic carboxylic acids is 1. The second-order valence-corrected chi connectivity index (χ2v) is 3.94. The highest BCUT2D eigenvalue weighted by atomic mass is 16.4. The van der Waals surface area contributed by atoms with Gasteiger partial charge in [0, 0.05) is 0 Å². The van der Waals surface area contributed by atoms with Crippen LogP contribution >= 0.6 is 0 Å². The monoisotopic (exact) mass is 184 g/mol. The Labute approximate surface area is 78.1 Å². The Balaban J connectivity index is 2.68. The van der Waals surface area contributed by atoms with Crippen LogP contribution in [0.2, 0.25) is 0 Å². The fraction of sp³-hybridized carbons (Fsp3) is 0.700. The molecular formula is C10H16O3. The number of carboxylic acid groups (broad SMARTS) is 1. The maximum Gasteiger partial charge on any atom is 0.309 e. The van der Waals surface area contributed by atoms with Crippen molar-refractivity contribution in [2.75, 3.05) is 0 Å². The van der Waals surface area contributed by atoms with Crippen molar-refractivity contribution in [2.24, 2.45) is 5.41 Å². The summed E-state index contributed by atoms with van der Waals surface area (Å²) in [6, 6.07) is 0. The molecule has 2 N–H and O–H groups in total. The Morgan fingerprint density at radius 3 is 2.85 bits per heavy atom. The van der Waals surface area contributed by atoms with Crippen molar-refractivity contribution in [2.45, 2.75) is 38.7 Å². The topological polar surface area (TPSA) is 57.5 Å². The Bertz CT molecular complexity index is 222. The third-order valence-corrected chi connectivity index (χ3v) is 2.73. The minimum Gasteiger partial charge on any atom is -0.481 e. The van der Waals surface area contributed by atoms with Gasteiger partial charge in [0.05, 0.1) is 11.5 Å². The van der Waals surface area contributed by atoms with Crippen LogP contribution in [0.3, 0.4) is 0 Å². The maximum absolute atomic E-state index is 10.9. The van der Waals surface area contributed by atoms with Crippen molar-refractivity contribution < 1.29 is 15.0 Å². The van der Waals surface area contributed by atoms with Crippen LogP contribution in [0.25, 0.3) is 0 Å². The highest BCUT2D eigenvalue weighted by molar-refractivity contribution is 5.74. The molecular weight excluding hydrogens is 168 g/mol. The molecule has 1 aliphatic carbocycles. The van der Waals surface area contributed by atoms with E-state index in [2.05, 4.69) is 0 Å². The summed E-state index contributed by atoms with van der Waals surface area (Å²) in [5, 5.41) is 18.3. The van der Waals surface area contributed by atoms with Gasteiger partial charge in [0.15, 0.2) is 0 Å². The largest absolute Gasteiger partial charge is 0.481 e. The molecule has 0 aromatic carbocycles. The summed E-state index contributed by atoms with van der Waals surface area (Å²) < 4.78 is 0. The van der Waals surface area contributed by atoms with Gasteiger partial charge in [-0.05, 0) is 32.6 Å². The van der Waals surface area contributed by atoms with E-state index >= 15 is 0 Å².